The summed E-state index contributed by atoms with van der Waals surface area (Å²) in [6, 6.07) is 18.2. The van der Waals surface area contributed by atoms with Gasteiger partial charge in [-0.05, 0) is 42.5 Å². The third kappa shape index (κ3) is 3.29. The van der Waals surface area contributed by atoms with Crippen molar-refractivity contribution in [2.24, 2.45) is 0 Å². The molecule has 0 saturated heterocycles. The molecule has 1 aliphatic rings. The van der Waals surface area contributed by atoms with Crippen molar-refractivity contribution in [3.63, 3.8) is 0 Å². The quantitative estimate of drug-likeness (QED) is 0.772. The molecule has 25 heavy (non-hydrogen) atoms. The third-order valence-electron chi connectivity index (χ3n) is 4.58. The van der Waals surface area contributed by atoms with Crippen molar-refractivity contribution in [3.8, 4) is 0 Å². The highest BCUT2D eigenvalue weighted by Gasteiger charge is 2.27. The molecule has 1 N–H and O–H groups in total. The first-order valence-corrected chi connectivity index (χ1v) is 8.47. The monoisotopic (exact) mass is 329 g/mol. The van der Waals surface area contributed by atoms with Crippen molar-refractivity contribution in [2.75, 3.05) is 5.32 Å². The Hall–Kier alpha value is -3.01. The van der Waals surface area contributed by atoms with E-state index in [1.807, 2.05) is 49.4 Å². The van der Waals surface area contributed by atoms with Gasteiger partial charge in [0.2, 0.25) is 5.95 Å². The normalized spacial score (nSPS) is 16.4. The molecule has 0 aliphatic heterocycles. The minimum atomic E-state index is 0.122. The molecule has 124 valence electrons. The largest absolute Gasteiger partial charge is 0.324 e. The van der Waals surface area contributed by atoms with Crippen molar-refractivity contribution >= 4 is 17.4 Å². The summed E-state index contributed by atoms with van der Waals surface area (Å²) >= 11 is 0. The van der Waals surface area contributed by atoms with Crippen molar-refractivity contribution in [1.29, 1.82) is 0 Å². The van der Waals surface area contributed by atoms with E-state index >= 15 is 0 Å². The van der Waals surface area contributed by atoms with E-state index in [1.165, 1.54) is 11.1 Å². The molecular formula is C21H19N3O. The highest BCUT2D eigenvalue weighted by atomic mass is 16.1. The molecule has 0 fully saturated rings. The Labute approximate surface area is 147 Å². The van der Waals surface area contributed by atoms with Gasteiger partial charge in [0.15, 0.2) is 5.78 Å². The van der Waals surface area contributed by atoms with Crippen LogP contribution in [0.25, 0.3) is 0 Å². The molecule has 0 saturated carbocycles. The Bertz CT molecular complexity index is 921. The Kier molecular flexibility index (Phi) is 4.02. The van der Waals surface area contributed by atoms with Gasteiger partial charge in [-0.25, -0.2) is 9.97 Å². The van der Waals surface area contributed by atoms with Gasteiger partial charge in [0.05, 0.1) is 11.3 Å². The van der Waals surface area contributed by atoms with Crippen molar-refractivity contribution in [2.45, 2.75) is 25.7 Å². The van der Waals surface area contributed by atoms with E-state index in [0.29, 0.717) is 17.9 Å². The number of anilines is 2. The van der Waals surface area contributed by atoms with E-state index in [4.69, 9.17) is 0 Å². The summed E-state index contributed by atoms with van der Waals surface area (Å²) in [5.74, 6) is 0.839. The smallest absolute Gasteiger partial charge is 0.227 e. The zero-order valence-corrected chi connectivity index (χ0v) is 14.1. The molecule has 1 aromatic heterocycles. The van der Waals surface area contributed by atoms with Crippen LogP contribution in [0.4, 0.5) is 11.6 Å². The van der Waals surface area contributed by atoms with Crippen LogP contribution in [-0.2, 0) is 6.42 Å². The average Bonchev–Trinajstić information content (AvgIpc) is 2.62. The van der Waals surface area contributed by atoms with Gasteiger partial charge in [0.25, 0.3) is 0 Å². The Morgan fingerprint density at radius 2 is 1.88 bits per heavy atom. The van der Waals surface area contributed by atoms with Gasteiger partial charge < -0.3 is 5.32 Å². The van der Waals surface area contributed by atoms with Crippen LogP contribution in [0.5, 0.6) is 0 Å². The van der Waals surface area contributed by atoms with E-state index in [9.17, 15) is 4.79 Å². The fourth-order valence-electron chi connectivity index (χ4n) is 3.32. The number of hydrogen-bond acceptors (Lipinski definition) is 4. The lowest BCUT2D eigenvalue weighted by atomic mass is 9.82. The molecule has 4 nitrogen and oxygen atoms in total. The summed E-state index contributed by atoms with van der Waals surface area (Å²) in [4.78, 5) is 21.4. The molecule has 0 amide bonds. The van der Waals surface area contributed by atoms with Crippen LogP contribution in [-0.4, -0.2) is 15.8 Å². The van der Waals surface area contributed by atoms with Crippen LogP contribution in [0.15, 0.2) is 60.8 Å². The van der Waals surface area contributed by atoms with E-state index in [0.717, 1.165) is 17.8 Å². The maximum Gasteiger partial charge on any atom is 0.227 e. The van der Waals surface area contributed by atoms with Gasteiger partial charge in [-0.15, -0.1) is 0 Å². The highest BCUT2D eigenvalue weighted by Crippen LogP contribution is 2.32. The molecule has 1 heterocycles. The SMILES string of the molecule is Cc1cccc(Nc2ncc3c(n2)C[C@H](c2ccccc2)CC3=O)c1. The standard InChI is InChI=1S/C21H19N3O/c1-14-6-5-9-17(10-14)23-21-22-13-18-19(24-21)11-16(12-20(18)25)15-7-3-2-4-8-15/h2-10,13,16H,11-12H2,1H3,(H,22,23,24)/t16-/m0/s1. The molecule has 1 atom stereocenters. The van der Waals surface area contributed by atoms with Crippen LogP contribution in [0, 0.1) is 6.92 Å². The predicted octanol–water partition coefficient (Wildman–Crippen LogP) is 4.44. The first-order valence-electron chi connectivity index (χ1n) is 8.47. The lowest BCUT2D eigenvalue weighted by molar-refractivity contribution is 0.0962. The van der Waals surface area contributed by atoms with E-state index in [1.54, 1.807) is 6.20 Å². The van der Waals surface area contributed by atoms with Gasteiger partial charge in [0.1, 0.15) is 0 Å². The van der Waals surface area contributed by atoms with Gasteiger partial charge in [-0.2, -0.15) is 0 Å². The van der Waals surface area contributed by atoms with E-state index < -0.39 is 0 Å². The molecule has 1 aliphatic carbocycles. The zero-order valence-electron chi connectivity index (χ0n) is 14.1. The van der Waals surface area contributed by atoms with Crippen LogP contribution in [0.3, 0.4) is 0 Å². The van der Waals surface area contributed by atoms with Crippen LogP contribution in [0.2, 0.25) is 0 Å². The zero-order chi connectivity index (χ0) is 17.2. The topological polar surface area (TPSA) is 54.9 Å². The molecule has 2 aromatic carbocycles. The molecule has 0 radical (unpaired) electrons. The predicted molar refractivity (Wildman–Crippen MR) is 98.3 cm³/mol. The Balaban J connectivity index is 1.62. The third-order valence-corrected chi connectivity index (χ3v) is 4.58. The first kappa shape index (κ1) is 15.5. The number of nitrogens with zero attached hydrogens (tertiary/aromatic N) is 2. The Morgan fingerprint density at radius 3 is 2.68 bits per heavy atom. The second kappa shape index (κ2) is 6.48. The molecule has 0 unspecified atom stereocenters. The van der Waals surface area contributed by atoms with E-state index in [-0.39, 0.29) is 11.7 Å². The number of rotatable bonds is 3. The minimum Gasteiger partial charge on any atom is -0.324 e. The number of fused-ring (bicyclic) bond motifs is 1. The number of ketones is 1. The number of carbonyl (C=O) groups is 1. The number of hydrogen-bond donors (Lipinski definition) is 1. The lowest BCUT2D eigenvalue weighted by Crippen LogP contribution is -2.21. The van der Waals surface area contributed by atoms with E-state index in [2.05, 4.69) is 27.4 Å². The fraction of sp³-hybridized carbons (Fsp3) is 0.190. The first-order chi connectivity index (χ1) is 12.2. The summed E-state index contributed by atoms with van der Waals surface area (Å²) in [6.45, 7) is 2.04. The van der Waals surface area contributed by atoms with Crippen molar-refractivity contribution in [3.05, 3.63) is 83.2 Å². The summed E-state index contributed by atoms with van der Waals surface area (Å²) < 4.78 is 0. The average molecular weight is 329 g/mol. The fourth-order valence-corrected chi connectivity index (χ4v) is 3.32. The molecule has 3 aromatic rings. The van der Waals surface area contributed by atoms with Gasteiger partial charge in [-0.1, -0.05) is 42.5 Å². The number of aryl methyl sites for hydroxylation is 1. The minimum absolute atomic E-state index is 0.122. The van der Waals surface area contributed by atoms with Gasteiger partial charge in [-0.3, -0.25) is 4.79 Å². The van der Waals surface area contributed by atoms with Crippen molar-refractivity contribution < 1.29 is 4.79 Å². The van der Waals surface area contributed by atoms with Gasteiger partial charge >= 0.3 is 0 Å². The summed E-state index contributed by atoms with van der Waals surface area (Å²) in [6.07, 6.45) is 2.94. The van der Waals surface area contributed by atoms with Crippen LogP contribution >= 0.6 is 0 Å². The molecule has 0 bridgehead atoms. The van der Waals surface area contributed by atoms with Gasteiger partial charge in [0, 0.05) is 18.3 Å². The summed E-state index contributed by atoms with van der Waals surface area (Å²) in [5.41, 5.74) is 4.79. The maximum atomic E-state index is 12.5. The second-order valence-electron chi connectivity index (χ2n) is 6.49. The lowest BCUT2D eigenvalue weighted by Gasteiger charge is -2.23. The molecule has 4 heteroatoms. The summed E-state index contributed by atoms with van der Waals surface area (Å²) in [5, 5.41) is 3.23. The van der Waals surface area contributed by atoms with Crippen LogP contribution in [0.1, 0.15) is 39.5 Å². The molecule has 4 rings (SSSR count). The Morgan fingerprint density at radius 1 is 1.04 bits per heavy atom. The van der Waals surface area contributed by atoms with Crippen LogP contribution < -0.4 is 5.32 Å². The second-order valence-corrected chi connectivity index (χ2v) is 6.49. The highest BCUT2D eigenvalue weighted by molar-refractivity contribution is 5.98. The number of aromatic nitrogens is 2. The number of nitrogens with one attached hydrogen (secondary N) is 1. The van der Waals surface area contributed by atoms with Crippen molar-refractivity contribution in [1.82, 2.24) is 9.97 Å². The molecule has 0 spiro atoms. The maximum absolute atomic E-state index is 12.5. The molecular weight excluding hydrogens is 310 g/mol. The summed E-state index contributed by atoms with van der Waals surface area (Å²) in [7, 11) is 0. The number of carbonyl (C=O) groups excluding carboxylic acids is 1. The number of Topliss-reactive ketones (excluding diaryl/α,β-unsaturated/α-hetero) is 1. The number of benzene rings is 2.